The fourth-order valence-electron chi connectivity index (χ4n) is 4.19. The Morgan fingerprint density at radius 3 is 2.18 bits per heavy atom. The third kappa shape index (κ3) is 2.55. The summed E-state index contributed by atoms with van der Waals surface area (Å²) in [5, 5.41) is 2.39. The number of aryl methyl sites for hydroxylation is 2. The number of nitrogens with zero attached hydrogens (tertiary/aromatic N) is 2. The molecule has 0 bridgehead atoms. The first-order valence-corrected chi connectivity index (χ1v) is 9.45. The second-order valence-electron chi connectivity index (χ2n) is 7.30. The van der Waals surface area contributed by atoms with Crippen LogP contribution >= 0.6 is 0 Å². The summed E-state index contributed by atoms with van der Waals surface area (Å²) in [5.41, 5.74) is 8.04. The number of benzene rings is 3. The highest BCUT2D eigenvalue weighted by Gasteiger charge is 2.15. The SMILES string of the molecule is [B]c1ccc2c3ccc(-c4c(C)cccc4C)cc3n(-c3ccccn3)c2c1. The van der Waals surface area contributed by atoms with Gasteiger partial charge in [0, 0.05) is 17.0 Å². The normalized spacial score (nSPS) is 11.4. The summed E-state index contributed by atoms with van der Waals surface area (Å²) in [6, 6.07) is 25.2. The highest BCUT2D eigenvalue weighted by Crippen LogP contribution is 2.35. The molecule has 0 aliphatic rings. The Hall–Kier alpha value is -3.33. The van der Waals surface area contributed by atoms with Crippen LogP contribution in [0, 0.1) is 13.8 Å². The van der Waals surface area contributed by atoms with E-state index >= 15 is 0 Å². The molecule has 5 rings (SSSR count). The van der Waals surface area contributed by atoms with E-state index in [2.05, 4.69) is 65.9 Å². The summed E-state index contributed by atoms with van der Waals surface area (Å²) in [6.07, 6.45) is 1.83. The lowest BCUT2D eigenvalue weighted by molar-refractivity contribution is 1.08. The molecule has 2 heterocycles. The van der Waals surface area contributed by atoms with Gasteiger partial charge < -0.3 is 0 Å². The van der Waals surface area contributed by atoms with Crippen molar-refractivity contribution in [2.24, 2.45) is 0 Å². The maximum atomic E-state index is 6.12. The summed E-state index contributed by atoms with van der Waals surface area (Å²) >= 11 is 0. The van der Waals surface area contributed by atoms with Gasteiger partial charge in [0.2, 0.25) is 0 Å². The zero-order chi connectivity index (χ0) is 19.3. The maximum Gasteiger partial charge on any atom is 0.137 e. The van der Waals surface area contributed by atoms with Crippen molar-refractivity contribution in [3.63, 3.8) is 0 Å². The van der Waals surface area contributed by atoms with Crippen molar-refractivity contribution in [1.82, 2.24) is 9.55 Å². The van der Waals surface area contributed by atoms with Crippen LogP contribution in [0.15, 0.2) is 79.0 Å². The van der Waals surface area contributed by atoms with Crippen LogP contribution in [0.2, 0.25) is 0 Å². The van der Waals surface area contributed by atoms with Crippen molar-refractivity contribution in [3.8, 4) is 16.9 Å². The molecule has 5 aromatic rings. The smallest absolute Gasteiger partial charge is 0.137 e. The fourth-order valence-corrected chi connectivity index (χ4v) is 4.19. The van der Waals surface area contributed by atoms with Gasteiger partial charge in [-0.05, 0) is 60.4 Å². The standard InChI is InChI=1S/C25H19BN2/c1-16-6-5-7-17(2)25(16)18-9-11-20-21-12-10-19(26)15-23(21)28(22(20)14-18)24-8-3-4-13-27-24/h3-15H,1-2H3. The Bertz CT molecular complexity index is 1310. The van der Waals surface area contributed by atoms with Gasteiger partial charge in [0.15, 0.2) is 0 Å². The third-order valence-electron chi connectivity index (χ3n) is 5.44. The molecule has 132 valence electrons. The third-order valence-corrected chi connectivity index (χ3v) is 5.44. The lowest BCUT2D eigenvalue weighted by Gasteiger charge is -2.11. The first-order chi connectivity index (χ1) is 13.6. The van der Waals surface area contributed by atoms with Gasteiger partial charge in [0.05, 0.1) is 11.0 Å². The molecule has 0 aliphatic heterocycles. The second-order valence-corrected chi connectivity index (χ2v) is 7.30. The molecule has 2 radical (unpaired) electrons. The van der Waals surface area contributed by atoms with Crippen molar-refractivity contribution in [2.45, 2.75) is 13.8 Å². The van der Waals surface area contributed by atoms with E-state index in [4.69, 9.17) is 7.85 Å². The van der Waals surface area contributed by atoms with Gasteiger partial charge in [0.1, 0.15) is 13.7 Å². The number of rotatable bonds is 2. The zero-order valence-electron chi connectivity index (χ0n) is 16.0. The summed E-state index contributed by atoms with van der Waals surface area (Å²) in [7, 11) is 6.12. The van der Waals surface area contributed by atoms with Crippen molar-refractivity contribution in [2.75, 3.05) is 0 Å². The molecule has 0 N–H and O–H groups in total. The van der Waals surface area contributed by atoms with Crippen LogP contribution in [0.25, 0.3) is 38.8 Å². The van der Waals surface area contributed by atoms with Crippen molar-refractivity contribution in [3.05, 3.63) is 90.1 Å². The minimum atomic E-state index is 0.752. The summed E-state index contributed by atoms with van der Waals surface area (Å²) in [4.78, 5) is 4.61. The van der Waals surface area contributed by atoms with Gasteiger partial charge >= 0.3 is 0 Å². The highest BCUT2D eigenvalue weighted by atomic mass is 15.1. The van der Waals surface area contributed by atoms with E-state index in [-0.39, 0.29) is 0 Å². The molecule has 2 aromatic heterocycles. The monoisotopic (exact) mass is 358 g/mol. The van der Waals surface area contributed by atoms with E-state index in [1.807, 2.05) is 36.5 Å². The van der Waals surface area contributed by atoms with Crippen LogP contribution < -0.4 is 5.46 Å². The van der Waals surface area contributed by atoms with Crippen molar-refractivity contribution < 1.29 is 0 Å². The van der Waals surface area contributed by atoms with Crippen LogP contribution in [0.4, 0.5) is 0 Å². The highest BCUT2D eigenvalue weighted by molar-refractivity contribution is 6.33. The van der Waals surface area contributed by atoms with E-state index in [0.29, 0.717) is 0 Å². The number of pyridine rings is 1. The average molecular weight is 358 g/mol. The Kier molecular flexibility index (Phi) is 3.83. The molecule has 0 aliphatic carbocycles. The largest absolute Gasteiger partial charge is 0.294 e. The number of hydrogen-bond donors (Lipinski definition) is 0. The van der Waals surface area contributed by atoms with E-state index in [1.54, 1.807) is 0 Å². The Labute approximate surface area is 165 Å². The average Bonchev–Trinajstić information content (AvgIpc) is 3.01. The molecule has 0 spiro atoms. The van der Waals surface area contributed by atoms with E-state index in [0.717, 1.165) is 22.3 Å². The quantitative estimate of drug-likeness (QED) is 0.394. The minimum absolute atomic E-state index is 0.752. The second kappa shape index (κ2) is 6.38. The number of hydrogen-bond acceptors (Lipinski definition) is 1. The molecule has 0 saturated heterocycles. The molecule has 2 nitrogen and oxygen atoms in total. The van der Waals surface area contributed by atoms with Gasteiger partial charge in [-0.3, -0.25) is 4.57 Å². The lowest BCUT2D eigenvalue weighted by Crippen LogP contribution is -2.03. The minimum Gasteiger partial charge on any atom is -0.294 e. The van der Waals surface area contributed by atoms with Crippen LogP contribution in [0.3, 0.4) is 0 Å². The Morgan fingerprint density at radius 2 is 1.46 bits per heavy atom. The Balaban J connectivity index is 1.90. The topological polar surface area (TPSA) is 17.8 Å². The van der Waals surface area contributed by atoms with Gasteiger partial charge in [-0.25, -0.2) is 4.98 Å². The molecule has 3 heteroatoms. The van der Waals surface area contributed by atoms with Gasteiger partial charge in [-0.15, -0.1) is 0 Å². The van der Waals surface area contributed by atoms with Crippen molar-refractivity contribution >= 4 is 35.1 Å². The van der Waals surface area contributed by atoms with Gasteiger partial charge in [-0.2, -0.15) is 0 Å². The fraction of sp³-hybridized carbons (Fsp3) is 0.0800. The molecule has 0 atom stereocenters. The molecule has 3 aromatic carbocycles. The molecular weight excluding hydrogens is 339 g/mol. The Morgan fingerprint density at radius 1 is 0.750 bits per heavy atom. The zero-order valence-corrected chi connectivity index (χ0v) is 16.0. The molecule has 0 unspecified atom stereocenters. The van der Waals surface area contributed by atoms with Crippen LogP contribution in [-0.4, -0.2) is 17.4 Å². The van der Waals surface area contributed by atoms with Crippen LogP contribution in [0.1, 0.15) is 11.1 Å². The van der Waals surface area contributed by atoms with Crippen LogP contribution in [0.5, 0.6) is 0 Å². The lowest BCUT2D eigenvalue weighted by atomic mass is 9.94. The number of fused-ring (bicyclic) bond motifs is 3. The van der Waals surface area contributed by atoms with E-state index < -0.39 is 0 Å². The first kappa shape index (κ1) is 16.8. The van der Waals surface area contributed by atoms with E-state index in [1.165, 1.54) is 33.0 Å². The summed E-state index contributed by atoms with van der Waals surface area (Å²) in [5.74, 6) is 0.895. The predicted molar refractivity (Wildman–Crippen MR) is 119 cm³/mol. The summed E-state index contributed by atoms with van der Waals surface area (Å²) < 4.78 is 2.21. The van der Waals surface area contributed by atoms with Crippen molar-refractivity contribution in [1.29, 1.82) is 0 Å². The molecular formula is C25H19BN2. The molecule has 0 amide bonds. The molecule has 28 heavy (non-hydrogen) atoms. The molecule has 0 saturated carbocycles. The maximum absolute atomic E-state index is 6.12. The van der Waals surface area contributed by atoms with E-state index in [9.17, 15) is 0 Å². The number of aromatic nitrogens is 2. The molecule has 0 fully saturated rings. The predicted octanol–water partition coefficient (Wildman–Crippen LogP) is 5.26. The first-order valence-electron chi connectivity index (χ1n) is 9.45. The van der Waals surface area contributed by atoms with Gasteiger partial charge in [0.25, 0.3) is 0 Å². The summed E-state index contributed by atoms with van der Waals surface area (Å²) in [6.45, 7) is 4.34. The van der Waals surface area contributed by atoms with Gasteiger partial charge in [-0.1, -0.05) is 54.0 Å². The van der Waals surface area contributed by atoms with Crippen LogP contribution in [-0.2, 0) is 0 Å².